The van der Waals surface area contributed by atoms with E-state index < -0.39 is 6.03 Å². The average molecular weight is 353 g/mol. The predicted molar refractivity (Wildman–Crippen MR) is 96.2 cm³/mol. The highest BCUT2D eigenvalue weighted by Gasteiger charge is 2.14. The molecule has 2 aromatic heterocycles. The summed E-state index contributed by atoms with van der Waals surface area (Å²) in [6, 6.07) is 8.13. The Morgan fingerprint density at radius 1 is 1.46 bits per heavy atom. The lowest BCUT2D eigenvalue weighted by atomic mass is 10.1. The van der Waals surface area contributed by atoms with E-state index in [1.807, 2.05) is 0 Å². The number of aromatic nitrogens is 2. The molecule has 2 heterocycles. The minimum Gasteiger partial charge on any atom is -0.385 e. The van der Waals surface area contributed by atoms with Crippen LogP contribution in [0.2, 0.25) is 0 Å². The van der Waals surface area contributed by atoms with Crippen LogP contribution in [0.5, 0.6) is 0 Å². The number of ether oxygens (including phenoxy) is 1. The van der Waals surface area contributed by atoms with Crippen molar-refractivity contribution in [1.82, 2.24) is 9.97 Å². The van der Waals surface area contributed by atoms with Crippen LogP contribution in [0.15, 0.2) is 30.5 Å². The summed E-state index contributed by atoms with van der Waals surface area (Å²) >= 11 is 0. The van der Waals surface area contributed by atoms with Crippen LogP contribution < -0.4 is 10.2 Å². The lowest BCUT2D eigenvalue weighted by Gasteiger charge is -2.17. The number of nitrogens with one attached hydrogen (secondary N) is 1. The molecule has 0 bridgehead atoms. The molecule has 134 valence electrons. The quantitative estimate of drug-likeness (QED) is 0.605. The van der Waals surface area contributed by atoms with Gasteiger partial charge in [0, 0.05) is 27.0 Å². The number of nitrogens with zero attached hydrogens (tertiary/aromatic N) is 4. The fourth-order valence-electron chi connectivity index (χ4n) is 2.27. The zero-order valence-electron chi connectivity index (χ0n) is 14.6. The summed E-state index contributed by atoms with van der Waals surface area (Å²) in [6.07, 6.45) is 3.44. The molecule has 8 nitrogen and oxygen atoms in total. The van der Waals surface area contributed by atoms with Crippen LogP contribution in [0.3, 0.4) is 0 Å². The Bertz CT molecular complexity index is 832. The third kappa shape index (κ3) is 4.84. The lowest BCUT2D eigenvalue weighted by Crippen LogP contribution is -2.32. The predicted octanol–water partition coefficient (Wildman–Crippen LogP) is 2.41. The van der Waals surface area contributed by atoms with E-state index in [4.69, 9.17) is 4.74 Å². The Hall–Kier alpha value is -3.31. The standard InChI is InChI=1S/C18H19N5O3/c1-23(17-7-3-6-15(12-24)21-17)18(25)22-16-9-13(5-4-8-26-2)14(10-19)11-20-16/h3,6-7,9,11-12H,4-5,8H2,1-2H3,(H,20,22,25). The Kier molecular flexibility index (Phi) is 6.76. The number of anilines is 2. The molecule has 0 aliphatic heterocycles. The number of hydrogen-bond acceptors (Lipinski definition) is 6. The maximum atomic E-state index is 12.4. The van der Waals surface area contributed by atoms with Gasteiger partial charge in [-0.3, -0.25) is 15.0 Å². The van der Waals surface area contributed by atoms with Gasteiger partial charge in [-0.05, 0) is 36.6 Å². The van der Waals surface area contributed by atoms with Crippen molar-refractivity contribution in [2.45, 2.75) is 12.8 Å². The fraction of sp³-hybridized carbons (Fsp3) is 0.278. The number of aldehydes is 1. The van der Waals surface area contributed by atoms with Gasteiger partial charge < -0.3 is 4.74 Å². The Morgan fingerprint density at radius 3 is 2.96 bits per heavy atom. The van der Waals surface area contributed by atoms with Gasteiger partial charge in [0.25, 0.3) is 0 Å². The van der Waals surface area contributed by atoms with E-state index in [1.54, 1.807) is 31.4 Å². The van der Waals surface area contributed by atoms with Crippen molar-refractivity contribution in [2.24, 2.45) is 0 Å². The minimum atomic E-state index is -0.458. The number of nitriles is 1. The number of urea groups is 1. The summed E-state index contributed by atoms with van der Waals surface area (Å²) in [7, 11) is 3.16. The highest BCUT2D eigenvalue weighted by atomic mass is 16.5. The summed E-state index contributed by atoms with van der Waals surface area (Å²) in [6.45, 7) is 0.580. The molecule has 26 heavy (non-hydrogen) atoms. The number of pyridine rings is 2. The van der Waals surface area contributed by atoms with E-state index in [1.165, 1.54) is 18.1 Å². The molecule has 0 unspecified atom stereocenters. The van der Waals surface area contributed by atoms with Gasteiger partial charge in [0.1, 0.15) is 23.4 Å². The topological polar surface area (TPSA) is 108 Å². The second-order valence-electron chi connectivity index (χ2n) is 5.46. The van der Waals surface area contributed by atoms with Crippen LogP contribution in [0.25, 0.3) is 0 Å². The van der Waals surface area contributed by atoms with Crippen LogP contribution in [0.4, 0.5) is 16.4 Å². The molecular weight excluding hydrogens is 334 g/mol. The van der Waals surface area contributed by atoms with Gasteiger partial charge in [-0.2, -0.15) is 5.26 Å². The smallest absolute Gasteiger partial charge is 0.328 e. The summed E-state index contributed by atoms with van der Waals surface area (Å²) in [5.74, 6) is 0.667. The van der Waals surface area contributed by atoms with Gasteiger partial charge in [0.15, 0.2) is 6.29 Å². The molecule has 1 N–H and O–H groups in total. The lowest BCUT2D eigenvalue weighted by molar-refractivity contribution is 0.111. The average Bonchev–Trinajstić information content (AvgIpc) is 2.67. The van der Waals surface area contributed by atoms with Gasteiger partial charge in [-0.1, -0.05) is 6.07 Å². The van der Waals surface area contributed by atoms with Gasteiger partial charge >= 0.3 is 6.03 Å². The van der Waals surface area contributed by atoms with Crippen molar-refractivity contribution in [3.8, 4) is 6.07 Å². The molecule has 2 aromatic rings. The maximum absolute atomic E-state index is 12.4. The molecule has 0 aromatic carbocycles. The molecule has 8 heteroatoms. The molecule has 0 saturated carbocycles. The second-order valence-corrected chi connectivity index (χ2v) is 5.46. The number of rotatable bonds is 7. The molecule has 0 saturated heterocycles. The fourth-order valence-corrected chi connectivity index (χ4v) is 2.27. The summed E-state index contributed by atoms with van der Waals surface area (Å²) in [5.41, 5.74) is 1.49. The van der Waals surface area contributed by atoms with Crippen molar-refractivity contribution >= 4 is 24.0 Å². The first kappa shape index (κ1) is 19.0. The number of methoxy groups -OCH3 is 1. The van der Waals surface area contributed by atoms with Crippen molar-refractivity contribution in [1.29, 1.82) is 5.26 Å². The van der Waals surface area contributed by atoms with Crippen LogP contribution in [-0.2, 0) is 11.2 Å². The molecule has 2 rings (SSSR count). The second kappa shape index (κ2) is 9.25. The Labute approximate surface area is 151 Å². The first-order valence-corrected chi connectivity index (χ1v) is 7.94. The monoisotopic (exact) mass is 353 g/mol. The van der Waals surface area contributed by atoms with Crippen LogP contribution in [0, 0.1) is 11.3 Å². The minimum absolute atomic E-state index is 0.235. The molecule has 0 spiro atoms. The number of aryl methyl sites for hydroxylation is 1. The van der Waals surface area contributed by atoms with Gasteiger partial charge in [0.2, 0.25) is 0 Å². The van der Waals surface area contributed by atoms with E-state index >= 15 is 0 Å². The third-order valence-electron chi connectivity index (χ3n) is 3.66. The van der Waals surface area contributed by atoms with Crippen LogP contribution in [-0.4, -0.2) is 43.0 Å². The highest BCUT2D eigenvalue weighted by molar-refractivity contribution is 6.00. The number of carbonyl (C=O) groups excluding carboxylic acids is 2. The highest BCUT2D eigenvalue weighted by Crippen LogP contribution is 2.16. The molecule has 2 amide bonds. The zero-order chi connectivity index (χ0) is 18.9. The SMILES string of the molecule is COCCCc1cc(NC(=O)N(C)c2cccc(C=O)n2)ncc1C#N. The molecule has 0 atom stereocenters. The summed E-state index contributed by atoms with van der Waals surface area (Å²) in [5, 5.41) is 11.8. The molecule has 0 aliphatic rings. The van der Waals surface area contributed by atoms with E-state index in [0.717, 1.165) is 12.0 Å². The Morgan fingerprint density at radius 2 is 2.27 bits per heavy atom. The van der Waals surface area contributed by atoms with E-state index in [-0.39, 0.29) is 5.69 Å². The maximum Gasteiger partial charge on any atom is 0.328 e. The number of carbonyl (C=O) groups is 2. The third-order valence-corrected chi connectivity index (χ3v) is 3.66. The molecular formula is C18H19N5O3. The first-order chi connectivity index (χ1) is 12.6. The van der Waals surface area contributed by atoms with Gasteiger partial charge in [0.05, 0.1) is 5.56 Å². The largest absolute Gasteiger partial charge is 0.385 e. The van der Waals surface area contributed by atoms with Crippen molar-refractivity contribution < 1.29 is 14.3 Å². The van der Waals surface area contributed by atoms with E-state index in [2.05, 4.69) is 21.4 Å². The summed E-state index contributed by atoms with van der Waals surface area (Å²) < 4.78 is 5.02. The summed E-state index contributed by atoms with van der Waals surface area (Å²) in [4.78, 5) is 32.7. The zero-order valence-corrected chi connectivity index (χ0v) is 14.6. The van der Waals surface area contributed by atoms with Crippen molar-refractivity contribution in [2.75, 3.05) is 31.0 Å². The molecule has 0 aliphatic carbocycles. The normalized spacial score (nSPS) is 10.0. The van der Waals surface area contributed by atoms with E-state index in [0.29, 0.717) is 36.5 Å². The van der Waals surface area contributed by atoms with Crippen LogP contribution >= 0.6 is 0 Å². The van der Waals surface area contributed by atoms with Crippen molar-refractivity contribution in [3.05, 3.63) is 47.3 Å². The molecule has 0 radical (unpaired) electrons. The van der Waals surface area contributed by atoms with Crippen LogP contribution in [0.1, 0.15) is 28.0 Å². The number of amides is 2. The van der Waals surface area contributed by atoms with Gasteiger partial charge in [-0.15, -0.1) is 0 Å². The number of hydrogen-bond donors (Lipinski definition) is 1. The Balaban J connectivity index is 2.13. The van der Waals surface area contributed by atoms with E-state index in [9.17, 15) is 14.9 Å². The van der Waals surface area contributed by atoms with Crippen molar-refractivity contribution in [3.63, 3.8) is 0 Å². The molecule has 0 fully saturated rings. The first-order valence-electron chi connectivity index (χ1n) is 7.94. The van der Waals surface area contributed by atoms with Gasteiger partial charge in [-0.25, -0.2) is 14.8 Å².